The van der Waals surface area contributed by atoms with Crippen molar-refractivity contribution in [3.8, 4) is 5.69 Å². The second kappa shape index (κ2) is 5.09. The minimum Gasteiger partial charge on any atom is -0.295 e. The molecule has 0 aliphatic heterocycles. The highest BCUT2D eigenvalue weighted by Gasteiger charge is 2.30. The van der Waals surface area contributed by atoms with Gasteiger partial charge in [-0.2, -0.15) is 13.2 Å². The van der Waals surface area contributed by atoms with Gasteiger partial charge in [0.15, 0.2) is 0 Å². The van der Waals surface area contributed by atoms with E-state index in [4.69, 9.17) is 0 Å². The van der Waals surface area contributed by atoms with E-state index in [9.17, 15) is 18.0 Å². The fourth-order valence-corrected chi connectivity index (χ4v) is 2.74. The quantitative estimate of drug-likeness (QED) is 0.804. The van der Waals surface area contributed by atoms with Crippen molar-refractivity contribution in [1.29, 1.82) is 0 Å². The van der Waals surface area contributed by atoms with E-state index in [1.54, 1.807) is 0 Å². The van der Waals surface area contributed by atoms with Gasteiger partial charge in [0.05, 0.1) is 11.3 Å². The minimum absolute atomic E-state index is 0.147. The number of aromatic nitrogens is 2. The number of nitrogens with one attached hydrogen (secondary N) is 1. The summed E-state index contributed by atoms with van der Waals surface area (Å²) in [6.07, 6.45) is 0.294. The lowest BCUT2D eigenvalue weighted by Crippen LogP contribution is -2.17. The SMILES string of the molecule is O=c1c2c([nH]n1-c1ccc(C(F)(F)F)cc1)CCCCC2. The molecule has 21 heavy (non-hydrogen) atoms. The molecule has 6 heteroatoms. The van der Waals surface area contributed by atoms with E-state index >= 15 is 0 Å². The van der Waals surface area contributed by atoms with Crippen LogP contribution in [0.25, 0.3) is 5.69 Å². The second-order valence-corrected chi connectivity index (χ2v) is 5.31. The van der Waals surface area contributed by atoms with E-state index in [2.05, 4.69) is 5.10 Å². The van der Waals surface area contributed by atoms with Gasteiger partial charge in [-0.3, -0.25) is 9.89 Å². The molecule has 0 unspecified atom stereocenters. The predicted molar refractivity (Wildman–Crippen MR) is 72.7 cm³/mol. The van der Waals surface area contributed by atoms with Crippen molar-refractivity contribution >= 4 is 0 Å². The molecule has 1 heterocycles. The Hall–Kier alpha value is -1.98. The molecular formula is C15H15F3N2O. The van der Waals surface area contributed by atoms with Gasteiger partial charge in [-0.15, -0.1) is 0 Å². The van der Waals surface area contributed by atoms with E-state index in [-0.39, 0.29) is 5.56 Å². The number of rotatable bonds is 1. The summed E-state index contributed by atoms with van der Waals surface area (Å²) in [5, 5.41) is 3.04. The van der Waals surface area contributed by atoms with Crippen LogP contribution in [0.1, 0.15) is 36.1 Å². The molecule has 0 fully saturated rings. The Balaban J connectivity index is 2.00. The van der Waals surface area contributed by atoms with Crippen LogP contribution in [0, 0.1) is 0 Å². The van der Waals surface area contributed by atoms with Gasteiger partial charge in [0.1, 0.15) is 0 Å². The second-order valence-electron chi connectivity index (χ2n) is 5.31. The zero-order valence-electron chi connectivity index (χ0n) is 11.3. The molecule has 0 radical (unpaired) electrons. The van der Waals surface area contributed by atoms with Gasteiger partial charge in [-0.05, 0) is 49.9 Å². The van der Waals surface area contributed by atoms with Crippen LogP contribution in [0.2, 0.25) is 0 Å². The normalized spacial score (nSPS) is 15.6. The number of alkyl halides is 3. The summed E-state index contributed by atoms with van der Waals surface area (Å²) in [5.74, 6) is 0. The van der Waals surface area contributed by atoms with Crippen molar-refractivity contribution in [1.82, 2.24) is 9.78 Å². The monoisotopic (exact) mass is 296 g/mol. The predicted octanol–water partition coefficient (Wildman–Crippen LogP) is 3.45. The average molecular weight is 296 g/mol. The van der Waals surface area contributed by atoms with E-state index < -0.39 is 11.7 Å². The lowest BCUT2D eigenvalue weighted by molar-refractivity contribution is -0.137. The number of hydrogen-bond acceptors (Lipinski definition) is 1. The molecule has 0 saturated heterocycles. The first-order chi connectivity index (χ1) is 9.97. The van der Waals surface area contributed by atoms with Gasteiger partial charge < -0.3 is 0 Å². The van der Waals surface area contributed by atoms with Crippen LogP contribution in [0.3, 0.4) is 0 Å². The first-order valence-corrected chi connectivity index (χ1v) is 6.97. The maximum atomic E-state index is 12.6. The van der Waals surface area contributed by atoms with E-state index in [0.29, 0.717) is 5.69 Å². The average Bonchev–Trinajstić information content (AvgIpc) is 2.63. The van der Waals surface area contributed by atoms with Crippen LogP contribution in [0.15, 0.2) is 29.1 Å². The van der Waals surface area contributed by atoms with E-state index in [1.807, 2.05) is 0 Å². The lowest BCUT2D eigenvalue weighted by atomic mass is 10.1. The van der Waals surface area contributed by atoms with Gasteiger partial charge >= 0.3 is 6.18 Å². The van der Waals surface area contributed by atoms with Crippen molar-refractivity contribution < 1.29 is 13.2 Å². The van der Waals surface area contributed by atoms with Gasteiger partial charge in [-0.25, -0.2) is 4.68 Å². The molecule has 3 rings (SSSR count). The third kappa shape index (κ3) is 2.62. The summed E-state index contributed by atoms with van der Waals surface area (Å²) in [7, 11) is 0. The smallest absolute Gasteiger partial charge is 0.295 e. The molecule has 1 aromatic carbocycles. The van der Waals surface area contributed by atoms with E-state index in [0.717, 1.165) is 55.5 Å². The molecule has 0 atom stereocenters. The molecule has 1 aliphatic carbocycles. The van der Waals surface area contributed by atoms with Gasteiger partial charge in [0.2, 0.25) is 0 Å². The number of hydrogen-bond donors (Lipinski definition) is 1. The van der Waals surface area contributed by atoms with Crippen LogP contribution in [0.4, 0.5) is 13.2 Å². The van der Waals surface area contributed by atoms with Crippen molar-refractivity contribution in [2.75, 3.05) is 0 Å². The van der Waals surface area contributed by atoms with Gasteiger partial charge in [-0.1, -0.05) is 6.42 Å². The van der Waals surface area contributed by atoms with Crippen molar-refractivity contribution in [3.05, 3.63) is 51.4 Å². The van der Waals surface area contributed by atoms with Crippen LogP contribution in [-0.2, 0) is 19.0 Å². The zero-order chi connectivity index (χ0) is 15.0. The molecular weight excluding hydrogens is 281 g/mol. The maximum Gasteiger partial charge on any atom is 0.416 e. The standard InChI is InChI=1S/C15H15F3N2O/c16-15(17,18)10-6-8-11(9-7-10)20-14(21)12-4-2-1-3-5-13(12)19-20/h6-9,19H,1-5H2. The third-order valence-electron chi connectivity index (χ3n) is 3.88. The summed E-state index contributed by atoms with van der Waals surface area (Å²) >= 11 is 0. The fraction of sp³-hybridized carbons (Fsp3) is 0.400. The molecule has 0 saturated carbocycles. The molecule has 1 N–H and O–H groups in total. The Morgan fingerprint density at radius 1 is 1.00 bits per heavy atom. The molecule has 1 aliphatic rings. The van der Waals surface area contributed by atoms with Gasteiger partial charge in [0.25, 0.3) is 5.56 Å². The topological polar surface area (TPSA) is 37.8 Å². The number of aromatic amines is 1. The summed E-state index contributed by atoms with van der Waals surface area (Å²) < 4.78 is 39.0. The number of benzene rings is 1. The van der Waals surface area contributed by atoms with Crippen molar-refractivity contribution in [3.63, 3.8) is 0 Å². The summed E-state index contributed by atoms with van der Waals surface area (Å²) in [4.78, 5) is 12.4. The number of nitrogens with zero attached hydrogens (tertiary/aromatic N) is 1. The Labute approximate surface area is 119 Å². The largest absolute Gasteiger partial charge is 0.416 e. The molecule has 0 amide bonds. The zero-order valence-corrected chi connectivity index (χ0v) is 11.3. The van der Waals surface area contributed by atoms with Crippen LogP contribution >= 0.6 is 0 Å². The Morgan fingerprint density at radius 3 is 2.33 bits per heavy atom. The molecule has 0 bridgehead atoms. The third-order valence-corrected chi connectivity index (χ3v) is 3.88. The van der Waals surface area contributed by atoms with Crippen molar-refractivity contribution in [2.45, 2.75) is 38.3 Å². The van der Waals surface area contributed by atoms with E-state index in [1.165, 1.54) is 16.8 Å². The van der Waals surface area contributed by atoms with Gasteiger partial charge in [0, 0.05) is 11.3 Å². The van der Waals surface area contributed by atoms with Crippen LogP contribution in [0.5, 0.6) is 0 Å². The minimum atomic E-state index is -4.36. The number of fused-ring (bicyclic) bond motifs is 1. The molecule has 0 spiro atoms. The number of aryl methyl sites for hydroxylation is 1. The number of halogens is 3. The first kappa shape index (κ1) is 14.0. The summed E-state index contributed by atoms with van der Waals surface area (Å²) in [6, 6.07) is 4.63. The highest BCUT2D eigenvalue weighted by molar-refractivity contribution is 5.36. The molecule has 2 aromatic rings. The van der Waals surface area contributed by atoms with Crippen LogP contribution in [-0.4, -0.2) is 9.78 Å². The summed E-state index contributed by atoms with van der Waals surface area (Å²) in [5.41, 5.74) is 1.25. The first-order valence-electron chi connectivity index (χ1n) is 6.97. The molecule has 112 valence electrons. The summed E-state index contributed by atoms with van der Waals surface area (Å²) in [6.45, 7) is 0. The Morgan fingerprint density at radius 2 is 1.67 bits per heavy atom. The number of H-pyrrole nitrogens is 1. The molecule has 1 aromatic heterocycles. The molecule has 3 nitrogen and oxygen atoms in total. The fourth-order valence-electron chi connectivity index (χ4n) is 2.74. The Bertz CT molecular complexity index is 695. The highest BCUT2D eigenvalue weighted by atomic mass is 19.4. The maximum absolute atomic E-state index is 12.6. The van der Waals surface area contributed by atoms with Crippen molar-refractivity contribution in [2.24, 2.45) is 0 Å². The Kier molecular flexibility index (Phi) is 3.39. The van der Waals surface area contributed by atoms with Crippen LogP contribution < -0.4 is 5.56 Å². The lowest BCUT2D eigenvalue weighted by Gasteiger charge is -2.07. The highest BCUT2D eigenvalue weighted by Crippen LogP contribution is 2.29.